The molecule has 1 aromatic carbocycles. The Hall–Kier alpha value is -2.25. The molecule has 0 aliphatic heterocycles. The van der Waals surface area contributed by atoms with Crippen LogP contribution in [0.5, 0.6) is 0 Å². The molecule has 1 aliphatic carbocycles. The van der Waals surface area contributed by atoms with E-state index in [-0.39, 0.29) is 0 Å². The van der Waals surface area contributed by atoms with E-state index in [1.165, 1.54) is 10.4 Å². The van der Waals surface area contributed by atoms with Crippen LogP contribution in [0, 0.1) is 17.8 Å². The molecular formula is C21H23NO2S. The molecule has 1 aromatic heterocycles. The Morgan fingerprint density at radius 2 is 2.04 bits per heavy atom. The summed E-state index contributed by atoms with van der Waals surface area (Å²) in [5.74, 6) is 7.57. The second-order valence-corrected chi connectivity index (χ2v) is 7.61. The van der Waals surface area contributed by atoms with Gasteiger partial charge in [-0.1, -0.05) is 42.2 Å². The highest BCUT2D eigenvalue weighted by Gasteiger charge is 2.27. The van der Waals surface area contributed by atoms with E-state index >= 15 is 0 Å². The second kappa shape index (κ2) is 8.73. The smallest absolute Gasteiger partial charge is 0.404 e. The van der Waals surface area contributed by atoms with Crippen LogP contribution < -0.4 is 5.73 Å². The van der Waals surface area contributed by atoms with Crippen LogP contribution >= 0.6 is 11.3 Å². The molecule has 1 saturated carbocycles. The van der Waals surface area contributed by atoms with Crippen molar-refractivity contribution in [3.63, 3.8) is 0 Å². The van der Waals surface area contributed by atoms with E-state index < -0.39 is 6.09 Å². The van der Waals surface area contributed by atoms with Gasteiger partial charge in [-0.05, 0) is 55.2 Å². The van der Waals surface area contributed by atoms with E-state index in [0.717, 1.165) is 37.0 Å². The Labute approximate surface area is 153 Å². The molecule has 3 nitrogen and oxygen atoms in total. The Bertz CT molecular complexity index is 757. The number of hydrogen-bond donors (Lipinski definition) is 1. The van der Waals surface area contributed by atoms with Crippen LogP contribution in [0.4, 0.5) is 4.79 Å². The number of rotatable bonds is 5. The third kappa shape index (κ3) is 5.37. The van der Waals surface area contributed by atoms with Crippen LogP contribution in [0.25, 0.3) is 0 Å². The molecule has 25 heavy (non-hydrogen) atoms. The Morgan fingerprint density at radius 3 is 2.84 bits per heavy atom. The third-order valence-corrected chi connectivity index (χ3v) is 5.79. The van der Waals surface area contributed by atoms with Crippen molar-refractivity contribution in [2.75, 3.05) is 6.61 Å². The number of carbonyl (C=O) groups is 1. The quantitative estimate of drug-likeness (QED) is 0.791. The highest BCUT2D eigenvalue weighted by Crippen LogP contribution is 2.40. The number of thiophene rings is 1. The molecule has 3 rings (SSSR count). The van der Waals surface area contributed by atoms with Gasteiger partial charge in [0, 0.05) is 11.3 Å². The van der Waals surface area contributed by atoms with E-state index in [1.54, 1.807) is 11.3 Å². The minimum absolute atomic E-state index is 0.431. The molecule has 1 aliphatic rings. The highest BCUT2D eigenvalue weighted by molar-refractivity contribution is 7.12. The number of carbonyl (C=O) groups excluding carboxylic acids is 1. The zero-order chi connectivity index (χ0) is 17.5. The van der Waals surface area contributed by atoms with Gasteiger partial charge in [-0.2, -0.15) is 0 Å². The Morgan fingerprint density at radius 1 is 1.20 bits per heavy atom. The van der Waals surface area contributed by atoms with Gasteiger partial charge in [0.1, 0.15) is 0 Å². The lowest BCUT2D eigenvalue weighted by molar-refractivity contribution is 0.137. The van der Waals surface area contributed by atoms with Gasteiger partial charge in [-0.15, -0.1) is 11.3 Å². The second-order valence-electron chi connectivity index (χ2n) is 6.50. The molecule has 0 saturated heterocycles. The predicted octanol–water partition coefficient (Wildman–Crippen LogP) is 4.71. The zero-order valence-electron chi connectivity index (χ0n) is 14.2. The lowest BCUT2D eigenvalue weighted by Gasteiger charge is -2.09. The number of amides is 1. The number of benzene rings is 1. The number of ether oxygens (including phenoxy) is 1. The molecule has 1 amide bonds. The van der Waals surface area contributed by atoms with Gasteiger partial charge < -0.3 is 10.5 Å². The summed E-state index contributed by atoms with van der Waals surface area (Å²) in [4.78, 5) is 13.2. The average molecular weight is 353 g/mol. The normalized spacial score (nSPS) is 19.2. The zero-order valence-corrected chi connectivity index (χ0v) is 15.1. The summed E-state index contributed by atoms with van der Waals surface area (Å²) in [6.07, 6.45) is 4.51. The number of primary amides is 1. The fourth-order valence-electron chi connectivity index (χ4n) is 3.33. The van der Waals surface area contributed by atoms with Crippen LogP contribution in [-0.2, 0) is 11.2 Å². The summed E-state index contributed by atoms with van der Waals surface area (Å²) in [5, 5.41) is 0. The van der Waals surface area contributed by atoms with E-state index in [2.05, 4.69) is 48.2 Å². The molecule has 2 N–H and O–H groups in total. The minimum Gasteiger partial charge on any atom is -0.449 e. The molecule has 1 fully saturated rings. The summed E-state index contributed by atoms with van der Waals surface area (Å²) in [6.45, 7) is 0.448. The largest absolute Gasteiger partial charge is 0.449 e. The van der Waals surface area contributed by atoms with Crippen molar-refractivity contribution in [2.45, 2.75) is 38.0 Å². The molecule has 1 heterocycles. The SMILES string of the molecule is NC(=O)OC[C@H]1CC[C@H](c2ccc(C#CCCc3ccccc3)s2)C1. The van der Waals surface area contributed by atoms with Gasteiger partial charge in [0.15, 0.2) is 0 Å². The van der Waals surface area contributed by atoms with Crippen molar-refractivity contribution >= 4 is 17.4 Å². The maximum absolute atomic E-state index is 10.7. The number of nitrogens with two attached hydrogens (primary N) is 1. The van der Waals surface area contributed by atoms with Gasteiger partial charge in [-0.3, -0.25) is 0 Å². The van der Waals surface area contributed by atoms with Crippen LogP contribution in [0.2, 0.25) is 0 Å². The summed E-state index contributed by atoms with van der Waals surface area (Å²) in [5.41, 5.74) is 6.37. The summed E-state index contributed by atoms with van der Waals surface area (Å²) in [7, 11) is 0. The van der Waals surface area contributed by atoms with Crippen LogP contribution in [0.3, 0.4) is 0 Å². The maximum atomic E-state index is 10.7. The fourth-order valence-corrected chi connectivity index (χ4v) is 4.36. The third-order valence-electron chi connectivity index (χ3n) is 4.62. The molecule has 4 heteroatoms. The molecule has 0 spiro atoms. The highest BCUT2D eigenvalue weighted by atomic mass is 32.1. The van der Waals surface area contributed by atoms with Crippen LogP contribution in [-0.4, -0.2) is 12.7 Å². The van der Waals surface area contributed by atoms with Crippen molar-refractivity contribution in [3.05, 3.63) is 57.8 Å². The topological polar surface area (TPSA) is 52.3 Å². The number of aryl methyl sites for hydroxylation is 1. The average Bonchev–Trinajstić information content (AvgIpc) is 3.27. The molecule has 0 unspecified atom stereocenters. The molecule has 130 valence electrons. The summed E-state index contributed by atoms with van der Waals surface area (Å²) >= 11 is 1.80. The first-order chi connectivity index (χ1) is 12.2. The van der Waals surface area contributed by atoms with Crippen LogP contribution in [0.1, 0.15) is 46.9 Å². The summed E-state index contributed by atoms with van der Waals surface area (Å²) < 4.78 is 4.94. The fraction of sp³-hybridized carbons (Fsp3) is 0.381. The molecule has 2 atom stereocenters. The lowest BCUT2D eigenvalue weighted by Crippen LogP contribution is -2.17. The van der Waals surface area contributed by atoms with Gasteiger partial charge in [0.05, 0.1) is 11.5 Å². The van der Waals surface area contributed by atoms with Crippen molar-refractivity contribution in [1.29, 1.82) is 0 Å². The molecule has 0 radical (unpaired) electrons. The van der Waals surface area contributed by atoms with Crippen molar-refractivity contribution in [1.82, 2.24) is 0 Å². The first-order valence-electron chi connectivity index (χ1n) is 8.75. The van der Waals surface area contributed by atoms with E-state index in [0.29, 0.717) is 18.4 Å². The standard InChI is InChI=1S/C21H23NO2S/c22-21(23)24-15-17-10-11-18(14-17)20-13-12-19(25-20)9-5-4-8-16-6-2-1-3-7-16/h1-3,6-7,12-13,17-18H,4,8,10-11,14-15H2,(H2,22,23)/t17-,18-/m0/s1. The minimum atomic E-state index is -0.673. The molecule has 0 bridgehead atoms. The predicted molar refractivity (Wildman–Crippen MR) is 102 cm³/mol. The van der Waals surface area contributed by atoms with E-state index in [4.69, 9.17) is 10.5 Å². The van der Waals surface area contributed by atoms with Crippen LogP contribution in [0.15, 0.2) is 42.5 Å². The number of hydrogen-bond acceptors (Lipinski definition) is 3. The van der Waals surface area contributed by atoms with Gasteiger partial charge in [-0.25, -0.2) is 4.79 Å². The van der Waals surface area contributed by atoms with Crippen molar-refractivity contribution in [3.8, 4) is 11.8 Å². The first-order valence-corrected chi connectivity index (χ1v) is 9.57. The Balaban J connectivity index is 1.48. The van der Waals surface area contributed by atoms with Crippen molar-refractivity contribution in [2.24, 2.45) is 11.7 Å². The van der Waals surface area contributed by atoms with Gasteiger partial charge >= 0.3 is 6.09 Å². The summed E-state index contributed by atoms with van der Waals surface area (Å²) in [6, 6.07) is 14.8. The van der Waals surface area contributed by atoms with Gasteiger partial charge in [0.2, 0.25) is 0 Å². The van der Waals surface area contributed by atoms with E-state index in [9.17, 15) is 4.79 Å². The monoisotopic (exact) mass is 353 g/mol. The van der Waals surface area contributed by atoms with Crippen molar-refractivity contribution < 1.29 is 9.53 Å². The van der Waals surface area contributed by atoms with Gasteiger partial charge in [0.25, 0.3) is 0 Å². The Kier molecular flexibility index (Phi) is 6.14. The maximum Gasteiger partial charge on any atom is 0.404 e. The first kappa shape index (κ1) is 17.6. The lowest BCUT2D eigenvalue weighted by atomic mass is 10.0. The molecular weight excluding hydrogens is 330 g/mol. The van der Waals surface area contributed by atoms with E-state index in [1.807, 2.05) is 6.07 Å². The molecule has 2 aromatic rings.